The molecule has 1 spiro atoms. The number of Topliss-reactive ketones (excluding diaryl/α,β-unsaturated/α-hetero) is 2. The van der Waals surface area contributed by atoms with Gasteiger partial charge in [0.05, 0.1) is 11.3 Å². The number of ketones is 2. The average Bonchev–Trinajstić information content (AvgIpc) is 2.95. The highest BCUT2D eigenvalue weighted by Gasteiger charge is 2.59. The lowest BCUT2D eigenvalue weighted by Crippen LogP contribution is -2.31. The molecule has 1 aromatic rings. The summed E-state index contributed by atoms with van der Waals surface area (Å²) in [5, 5.41) is 0.593. The van der Waals surface area contributed by atoms with E-state index in [1.165, 1.54) is 0 Å². The maximum absolute atomic E-state index is 12.8. The first-order chi connectivity index (χ1) is 9.08. The van der Waals surface area contributed by atoms with Gasteiger partial charge in [0, 0.05) is 10.9 Å². The van der Waals surface area contributed by atoms with E-state index in [4.69, 9.17) is 11.6 Å². The minimum Gasteiger partial charge on any atom is -0.298 e. The Hall–Kier alpha value is -1.15. The number of carbonyl (C=O) groups is 2. The van der Waals surface area contributed by atoms with E-state index in [0.717, 1.165) is 31.2 Å². The second-order valence-electron chi connectivity index (χ2n) is 5.81. The maximum atomic E-state index is 12.8. The predicted molar refractivity (Wildman–Crippen MR) is 74.3 cm³/mol. The standard InChI is InChI=1S/C16H17ClO2/c1-10-13(11-6-2-3-7-12(11)17)15(19)16(14(10)18)8-4-5-9-16/h2-3,6-7,10,13H,4-5,8-9H2,1H3/t10-,13+/m0/s1. The summed E-state index contributed by atoms with van der Waals surface area (Å²) in [4.78, 5) is 25.4. The third kappa shape index (κ3) is 1.69. The smallest absolute Gasteiger partial charge is 0.154 e. The van der Waals surface area contributed by atoms with Crippen molar-refractivity contribution in [2.75, 3.05) is 0 Å². The van der Waals surface area contributed by atoms with Crippen LogP contribution in [0.1, 0.15) is 44.1 Å². The van der Waals surface area contributed by atoms with Crippen LogP contribution in [-0.2, 0) is 9.59 Å². The number of hydrogen-bond acceptors (Lipinski definition) is 2. The quantitative estimate of drug-likeness (QED) is 0.732. The Kier molecular flexibility index (Phi) is 3.01. The molecule has 0 bridgehead atoms. The SMILES string of the molecule is C[C@@H]1C(=O)C2(CCCC2)C(=O)[C@H]1c1ccccc1Cl. The fourth-order valence-corrected chi connectivity index (χ4v) is 4.10. The van der Waals surface area contributed by atoms with Crippen molar-refractivity contribution >= 4 is 23.2 Å². The van der Waals surface area contributed by atoms with Gasteiger partial charge in [-0.25, -0.2) is 0 Å². The monoisotopic (exact) mass is 276 g/mol. The lowest BCUT2D eigenvalue weighted by Gasteiger charge is -2.19. The molecule has 3 heteroatoms. The zero-order chi connectivity index (χ0) is 13.6. The first kappa shape index (κ1) is 12.9. The van der Waals surface area contributed by atoms with E-state index in [9.17, 15) is 9.59 Å². The molecule has 100 valence electrons. The number of benzene rings is 1. The van der Waals surface area contributed by atoms with E-state index in [2.05, 4.69) is 0 Å². The predicted octanol–water partition coefficient (Wildman–Crippen LogP) is 3.77. The van der Waals surface area contributed by atoms with Gasteiger partial charge in [0.2, 0.25) is 0 Å². The Labute approximate surface area is 118 Å². The molecule has 2 nitrogen and oxygen atoms in total. The van der Waals surface area contributed by atoms with Gasteiger partial charge >= 0.3 is 0 Å². The molecule has 0 N–H and O–H groups in total. The molecule has 0 radical (unpaired) electrons. The first-order valence-electron chi connectivity index (χ1n) is 6.91. The highest BCUT2D eigenvalue weighted by Crippen LogP contribution is 2.53. The summed E-state index contributed by atoms with van der Waals surface area (Å²) < 4.78 is 0. The van der Waals surface area contributed by atoms with Crippen LogP contribution in [0.2, 0.25) is 5.02 Å². The third-order valence-corrected chi connectivity index (χ3v) is 5.18. The molecular formula is C16H17ClO2. The summed E-state index contributed by atoms with van der Waals surface area (Å²) >= 11 is 6.21. The van der Waals surface area contributed by atoms with E-state index in [1.807, 2.05) is 25.1 Å². The lowest BCUT2D eigenvalue weighted by atomic mass is 9.80. The number of halogens is 1. The zero-order valence-corrected chi connectivity index (χ0v) is 11.7. The molecule has 19 heavy (non-hydrogen) atoms. The average molecular weight is 277 g/mol. The Bertz CT molecular complexity index is 543. The number of hydrogen-bond donors (Lipinski definition) is 0. The number of rotatable bonds is 1. The molecule has 3 rings (SSSR count). The summed E-state index contributed by atoms with van der Waals surface area (Å²) in [6.45, 7) is 1.88. The molecular weight excluding hydrogens is 260 g/mol. The van der Waals surface area contributed by atoms with Crippen molar-refractivity contribution in [3.63, 3.8) is 0 Å². The largest absolute Gasteiger partial charge is 0.298 e. The van der Waals surface area contributed by atoms with Gasteiger partial charge in [-0.1, -0.05) is 49.6 Å². The van der Waals surface area contributed by atoms with Gasteiger partial charge in [-0.05, 0) is 24.5 Å². The van der Waals surface area contributed by atoms with Crippen LogP contribution < -0.4 is 0 Å². The second kappa shape index (κ2) is 4.45. The van der Waals surface area contributed by atoms with Gasteiger partial charge in [-0.15, -0.1) is 0 Å². The van der Waals surface area contributed by atoms with E-state index in [1.54, 1.807) is 6.07 Å². The molecule has 0 aromatic heterocycles. The van der Waals surface area contributed by atoms with E-state index >= 15 is 0 Å². The topological polar surface area (TPSA) is 34.1 Å². The molecule has 2 fully saturated rings. The Morgan fingerprint density at radius 3 is 2.37 bits per heavy atom. The van der Waals surface area contributed by atoms with Crippen LogP contribution in [0.4, 0.5) is 0 Å². The van der Waals surface area contributed by atoms with Gasteiger partial charge in [0.15, 0.2) is 5.78 Å². The first-order valence-corrected chi connectivity index (χ1v) is 7.29. The van der Waals surface area contributed by atoms with Gasteiger partial charge < -0.3 is 0 Å². The molecule has 1 aromatic carbocycles. The van der Waals surface area contributed by atoms with Crippen LogP contribution >= 0.6 is 11.6 Å². The number of carbonyl (C=O) groups excluding carboxylic acids is 2. The highest BCUT2D eigenvalue weighted by molar-refractivity contribution is 6.32. The Morgan fingerprint density at radius 2 is 1.74 bits per heavy atom. The second-order valence-corrected chi connectivity index (χ2v) is 6.21. The minimum atomic E-state index is -0.691. The van der Waals surface area contributed by atoms with E-state index in [0.29, 0.717) is 5.02 Å². The fourth-order valence-electron chi connectivity index (χ4n) is 3.84. The molecule has 0 saturated heterocycles. The molecule has 0 heterocycles. The summed E-state index contributed by atoms with van der Waals surface area (Å²) in [5.41, 5.74) is 0.127. The van der Waals surface area contributed by atoms with Gasteiger partial charge in [-0.2, -0.15) is 0 Å². The molecule has 2 saturated carbocycles. The Morgan fingerprint density at radius 1 is 1.11 bits per heavy atom. The zero-order valence-electron chi connectivity index (χ0n) is 11.0. The van der Waals surface area contributed by atoms with Crippen molar-refractivity contribution < 1.29 is 9.59 Å². The van der Waals surface area contributed by atoms with Crippen molar-refractivity contribution in [3.05, 3.63) is 34.9 Å². The van der Waals surface area contributed by atoms with Crippen LogP contribution in [0.15, 0.2) is 24.3 Å². The van der Waals surface area contributed by atoms with Crippen molar-refractivity contribution in [3.8, 4) is 0 Å². The van der Waals surface area contributed by atoms with Crippen LogP contribution in [0.5, 0.6) is 0 Å². The van der Waals surface area contributed by atoms with Crippen molar-refractivity contribution in [1.29, 1.82) is 0 Å². The molecule has 2 atom stereocenters. The van der Waals surface area contributed by atoms with Gasteiger partial charge in [0.1, 0.15) is 5.78 Å². The highest BCUT2D eigenvalue weighted by atomic mass is 35.5. The van der Waals surface area contributed by atoms with Crippen LogP contribution in [0.3, 0.4) is 0 Å². The fraction of sp³-hybridized carbons (Fsp3) is 0.500. The molecule has 2 aliphatic carbocycles. The van der Waals surface area contributed by atoms with Crippen molar-refractivity contribution in [2.24, 2.45) is 11.3 Å². The summed E-state index contributed by atoms with van der Waals surface area (Å²) in [7, 11) is 0. The maximum Gasteiger partial charge on any atom is 0.154 e. The molecule has 0 amide bonds. The molecule has 0 unspecified atom stereocenters. The minimum absolute atomic E-state index is 0.107. The molecule has 2 aliphatic rings. The van der Waals surface area contributed by atoms with E-state index in [-0.39, 0.29) is 23.4 Å². The Balaban J connectivity index is 2.07. The summed E-state index contributed by atoms with van der Waals surface area (Å²) in [6, 6.07) is 7.40. The van der Waals surface area contributed by atoms with Gasteiger partial charge in [0.25, 0.3) is 0 Å². The summed E-state index contributed by atoms with van der Waals surface area (Å²) in [6.07, 6.45) is 3.44. The van der Waals surface area contributed by atoms with Crippen LogP contribution in [0, 0.1) is 11.3 Å². The van der Waals surface area contributed by atoms with Crippen molar-refractivity contribution in [1.82, 2.24) is 0 Å². The van der Waals surface area contributed by atoms with Crippen molar-refractivity contribution in [2.45, 2.75) is 38.5 Å². The molecule has 0 aliphatic heterocycles. The third-order valence-electron chi connectivity index (χ3n) is 4.84. The van der Waals surface area contributed by atoms with Crippen LogP contribution in [-0.4, -0.2) is 11.6 Å². The lowest BCUT2D eigenvalue weighted by molar-refractivity contribution is -0.135. The normalized spacial score (nSPS) is 29.4. The van der Waals surface area contributed by atoms with E-state index < -0.39 is 5.41 Å². The summed E-state index contributed by atoms with van der Waals surface area (Å²) in [5.74, 6) is -0.347. The van der Waals surface area contributed by atoms with Gasteiger partial charge in [-0.3, -0.25) is 9.59 Å². The van der Waals surface area contributed by atoms with Crippen LogP contribution in [0.25, 0.3) is 0 Å².